The second-order valence-corrected chi connectivity index (χ2v) is 7.08. The molecule has 0 fully saturated rings. The highest BCUT2D eigenvalue weighted by Gasteiger charge is 2.30. The van der Waals surface area contributed by atoms with E-state index >= 15 is 0 Å². The second kappa shape index (κ2) is 8.26. The molecule has 2 aromatic heterocycles. The minimum Gasteiger partial charge on any atom is -0.476 e. The van der Waals surface area contributed by atoms with Crippen molar-refractivity contribution < 1.29 is 14.7 Å². The van der Waals surface area contributed by atoms with Crippen molar-refractivity contribution in [2.45, 2.75) is 32.4 Å². The highest BCUT2D eigenvalue weighted by molar-refractivity contribution is 5.93. The fourth-order valence-corrected chi connectivity index (χ4v) is 3.75. The monoisotopic (exact) mass is 390 g/mol. The van der Waals surface area contributed by atoms with Crippen LogP contribution in [0.4, 0.5) is 0 Å². The molecule has 1 aromatic carbocycles. The van der Waals surface area contributed by atoms with Gasteiger partial charge in [-0.05, 0) is 30.5 Å². The Morgan fingerprint density at radius 2 is 1.86 bits per heavy atom. The number of hydrogen-bond donors (Lipinski definition) is 1. The average molecular weight is 390 g/mol. The number of aromatic carboxylic acids is 1. The van der Waals surface area contributed by atoms with Gasteiger partial charge in [0.2, 0.25) is 0 Å². The number of hydrogen-bond acceptors (Lipinski definition) is 4. The first-order chi connectivity index (χ1) is 14.1. The van der Waals surface area contributed by atoms with E-state index in [2.05, 4.69) is 22.2 Å². The van der Waals surface area contributed by atoms with Crippen LogP contribution in [0.25, 0.3) is 0 Å². The Labute approximate surface area is 168 Å². The summed E-state index contributed by atoms with van der Waals surface area (Å²) in [4.78, 5) is 30.2. The van der Waals surface area contributed by atoms with Crippen molar-refractivity contribution in [3.63, 3.8) is 0 Å². The van der Waals surface area contributed by atoms with Crippen molar-refractivity contribution in [1.82, 2.24) is 19.7 Å². The third-order valence-electron chi connectivity index (χ3n) is 5.19. The van der Waals surface area contributed by atoms with Gasteiger partial charge < -0.3 is 10.0 Å². The standard InChI is InChI=1S/C22H22N4O3/c27-21(18-10-4-5-12-23-18)25-14-11-19-17(15-25)20(22(28)29)24-26(19)13-6-9-16-7-2-1-3-8-16/h1-5,7-8,10,12H,6,9,11,13-15H2,(H,28,29). The molecule has 4 rings (SSSR count). The van der Waals surface area contributed by atoms with Crippen molar-refractivity contribution in [3.05, 3.63) is 82.9 Å². The minimum absolute atomic E-state index is 0.0400. The molecule has 0 saturated carbocycles. The van der Waals surface area contributed by atoms with Gasteiger partial charge in [-0.3, -0.25) is 14.5 Å². The van der Waals surface area contributed by atoms with E-state index in [0.717, 1.165) is 18.5 Å². The van der Waals surface area contributed by atoms with Crippen LogP contribution in [0.1, 0.15) is 44.2 Å². The number of pyridine rings is 1. The number of carboxylic acid groups (broad SMARTS) is 1. The molecule has 3 aromatic rings. The summed E-state index contributed by atoms with van der Waals surface area (Å²) in [5, 5.41) is 14.0. The Bertz CT molecular complexity index is 1020. The van der Waals surface area contributed by atoms with Gasteiger partial charge in [-0.1, -0.05) is 36.4 Å². The molecule has 1 aliphatic heterocycles. The van der Waals surface area contributed by atoms with Crippen molar-refractivity contribution >= 4 is 11.9 Å². The van der Waals surface area contributed by atoms with Gasteiger partial charge in [-0.2, -0.15) is 5.10 Å². The van der Waals surface area contributed by atoms with Crippen LogP contribution < -0.4 is 0 Å². The highest BCUT2D eigenvalue weighted by atomic mass is 16.4. The first kappa shape index (κ1) is 18.9. The fourth-order valence-electron chi connectivity index (χ4n) is 3.75. The molecule has 7 heteroatoms. The first-order valence-corrected chi connectivity index (χ1v) is 9.69. The lowest BCUT2D eigenvalue weighted by molar-refractivity contribution is 0.0673. The molecule has 0 bridgehead atoms. The molecule has 0 atom stereocenters. The molecule has 7 nitrogen and oxygen atoms in total. The SMILES string of the molecule is O=C(O)c1nn(CCCc2ccccc2)c2c1CN(C(=O)c1ccccn1)CC2. The number of carbonyl (C=O) groups is 2. The Kier molecular flexibility index (Phi) is 5.37. The first-order valence-electron chi connectivity index (χ1n) is 9.69. The minimum atomic E-state index is -1.06. The summed E-state index contributed by atoms with van der Waals surface area (Å²) in [6.07, 6.45) is 3.94. The molecular weight excluding hydrogens is 368 g/mol. The van der Waals surface area contributed by atoms with Crippen molar-refractivity contribution in [2.24, 2.45) is 0 Å². The van der Waals surface area contributed by atoms with E-state index in [0.29, 0.717) is 30.8 Å². The third kappa shape index (κ3) is 4.03. The molecule has 0 saturated heterocycles. The number of benzene rings is 1. The van der Waals surface area contributed by atoms with E-state index in [9.17, 15) is 14.7 Å². The molecule has 1 amide bonds. The molecule has 3 heterocycles. The van der Waals surface area contributed by atoms with Gasteiger partial charge in [0.25, 0.3) is 5.91 Å². The second-order valence-electron chi connectivity index (χ2n) is 7.08. The van der Waals surface area contributed by atoms with Crippen molar-refractivity contribution in [3.8, 4) is 0 Å². The zero-order chi connectivity index (χ0) is 20.2. The van der Waals surface area contributed by atoms with Gasteiger partial charge in [0.1, 0.15) is 5.69 Å². The molecule has 0 aliphatic carbocycles. The van der Waals surface area contributed by atoms with Crippen LogP contribution in [0.3, 0.4) is 0 Å². The molecule has 0 unspecified atom stereocenters. The summed E-state index contributed by atoms with van der Waals surface area (Å²) in [6, 6.07) is 15.4. The van der Waals surface area contributed by atoms with Gasteiger partial charge >= 0.3 is 5.97 Å². The largest absolute Gasteiger partial charge is 0.476 e. The van der Waals surface area contributed by atoms with E-state index in [1.165, 1.54) is 5.56 Å². The maximum absolute atomic E-state index is 12.7. The number of nitrogens with zero attached hydrogens (tertiary/aromatic N) is 4. The van der Waals surface area contributed by atoms with Gasteiger partial charge in [0, 0.05) is 37.0 Å². The number of aryl methyl sites for hydroxylation is 2. The fraction of sp³-hybridized carbons (Fsp3) is 0.273. The number of fused-ring (bicyclic) bond motifs is 1. The van der Waals surface area contributed by atoms with Crippen molar-refractivity contribution in [2.75, 3.05) is 6.54 Å². The van der Waals surface area contributed by atoms with E-state index in [1.807, 2.05) is 22.9 Å². The highest BCUT2D eigenvalue weighted by Crippen LogP contribution is 2.24. The van der Waals surface area contributed by atoms with Crippen LogP contribution in [0.5, 0.6) is 0 Å². The maximum atomic E-state index is 12.7. The Hall–Kier alpha value is -3.48. The van der Waals surface area contributed by atoms with Crippen molar-refractivity contribution in [1.29, 1.82) is 0 Å². The molecular formula is C22H22N4O3. The molecule has 29 heavy (non-hydrogen) atoms. The maximum Gasteiger partial charge on any atom is 0.356 e. The van der Waals surface area contributed by atoms with Gasteiger partial charge in [-0.15, -0.1) is 0 Å². The Morgan fingerprint density at radius 3 is 2.59 bits per heavy atom. The number of rotatable bonds is 6. The lowest BCUT2D eigenvalue weighted by Gasteiger charge is -2.27. The lowest BCUT2D eigenvalue weighted by Crippen LogP contribution is -2.37. The van der Waals surface area contributed by atoms with Crippen LogP contribution in [0, 0.1) is 0 Å². The van der Waals surface area contributed by atoms with Gasteiger partial charge in [0.15, 0.2) is 5.69 Å². The van der Waals surface area contributed by atoms with Crippen LogP contribution >= 0.6 is 0 Å². The zero-order valence-corrected chi connectivity index (χ0v) is 16.0. The zero-order valence-electron chi connectivity index (χ0n) is 16.0. The number of carboxylic acids is 1. The van der Waals surface area contributed by atoms with E-state index in [4.69, 9.17) is 0 Å². The van der Waals surface area contributed by atoms with Crippen LogP contribution in [-0.2, 0) is 25.9 Å². The van der Waals surface area contributed by atoms with E-state index in [1.54, 1.807) is 29.3 Å². The number of aromatic nitrogens is 3. The molecule has 1 aliphatic rings. The lowest BCUT2D eigenvalue weighted by atomic mass is 10.0. The molecule has 148 valence electrons. The summed E-state index contributed by atoms with van der Waals surface area (Å²) in [5.41, 5.74) is 3.20. The summed E-state index contributed by atoms with van der Waals surface area (Å²) in [5.74, 6) is -1.25. The van der Waals surface area contributed by atoms with E-state index < -0.39 is 5.97 Å². The summed E-state index contributed by atoms with van der Waals surface area (Å²) < 4.78 is 1.81. The number of carbonyl (C=O) groups excluding carboxylic acids is 1. The predicted octanol–water partition coefficient (Wildman–Crippen LogP) is 2.81. The van der Waals surface area contributed by atoms with E-state index in [-0.39, 0.29) is 18.1 Å². The molecule has 0 spiro atoms. The Balaban J connectivity index is 1.51. The smallest absolute Gasteiger partial charge is 0.356 e. The summed E-state index contributed by atoms with van der Waals surface area (Å²) >= 11 is 0. The Morgan fingerprint density at radius 1 is 1.07 bits per heavy atom. The van der Waals surface area contributed by atoms with Gasteiger partial charge in [-0.25, -0.2) is 4.79 Å². The third-order valence-corrected chi connectivity index (χ3v) is 5.19. The van der Waals surface area contributed by atoms with Crippen LogP contribution in [0.15, 0.2) is 54.7 Å². The average Bonchev–Trinajstić information content (AvgIpc) is 3.13. The topological polar surface area (TPSA) is 88.3 Å². The van der Waals surface area contributed by atoms with Crippen LogP contribution in [-0.4, -0.2) is 43.2 Å². The summed E-state index contributed by atoms with van der Waals surface area (Å²) in [7, 11) is 0. The quantitative estimate of drug-likeness (QED) is 0.699. The molecule has 0 radical (unpaired) electrons. The molecule has 1 N–H and O–H groups in total. The predicted molar refractivity (Wildman–Crippen MR) is 107 cm³/mol. The summed E-state index contributed by atoms with van der Waals surface area (Å²) in [6.45, 7) is 1.41. The number of amides is 1. The normalized spacial score (nSPS) is 13.2. The van der Waals surface area contributed by atoms with Gasteiger partial charge in [0.05, 0.1) is 6.54 Å². The van der Waals surface area contributed by atoms with Crippen LogP contribution in [0.2, 0.25) is 0 Å².